The van der Waals surface area contributed by atoms with E-state index in [1.807, 2.05) is 12.1 Å². The average Bonchev–Trinajstić information content (AvgIpc) is 2.78. The molecule has 1 amide bonds. The number of pyridine rings is 1. The van der Waals surface area contributed by atoms with E-state index in [9.17, 15) is 13.2 Å². The maximum atomic E-state index is 12.0. The second kappa shape index (κ2) is 10.7. The van der Waals surface area contributed by atoms with Crippen molar-refractivity contribution in [2.75, 3.05) is 26.0 Å². The number of hydrogen-bond acceptors (Lipinski definition) is 6. The lowest BCUT2D eigenvalue weighted by atomic mass is 10.1. The zero-order valence-electron chi connectivity index (χ0n) is 18.1. The SMILES string of the molecule is CCCCOC(=O)N1CCC(OCc2ccc(-c3ccc(S(C)(=O)=O)cc3)nc2)CC1. The molecule has 1 aromatic heterocycles. The van der Waals surface area contributed by atoms with Crippen molar-refractivity contribution in [3.05, 3.63) is 48.2 Å². The van der Waals surface area contributed by atoms with E-state index in [2.05, 4.69) is 11.9 Å². The van der Waals surface area contributed by atoms with Crippen LogP contribution in [-0.4, -0.2) is 56.5 Å². The highest BCUT2D eigenvalue weighted by atomic mass is 32.2. The van der Waals surface area contributed by atoms with Crippen LogP contribution in [0.1, 0.15) is 38.2 Å². The minimum absolute atomic E-state index is 0.114. The fourth-order valence-electron chi connectivity index (χ4n) is 3.37. The first-order valence-corrected chi connectivity index (χ1v) is 12.5. The number of piperidine rings is 1. The van der Waals surface area contributed by atoms with Gasteiger partial charge in [-0.2, -0.15) is 0 Å². The molecule has 1 aliphatic rings. The van der Waals surface area contributed by atoms with Crippen LogP contribution in [0.15, 0.2) is 47.5 Å². The predicted octanol–water partition coefficient (Wildman–Crippen LogP) is 4.07. The summed E-state index contributed by atoms with van der Waals surface area (Å²) in [6, 6.07) is 10.6. The molecule has 7 nitrogen and oxygen atoms in total. The molecule has 1 saturated heterocycles. The molecule has 0 bridgehead atoms. The molecule has 0 N–H and O–H groups in total. The molecule has 1 aromatic carbocycles. The average molecular weight is 447 g/mol. The Morgan fingerprint density at radius 1 is 1.13 bits per heavy atom. The van der Waals surface area contributed by atoms with Gasteiger partial charge in [-0.1, -0.05) is 31.5 Å². The Kier molecular flexibility index (Phi) is 8.03. The Hall–Kier alpha value is -2.45. The van der Waals surface area contributed by atoms with Gasteiger partial charge in [0.2, 0.25) is 0 Å². The van der Waals surface area contributed by atoms with E-state index < -0.39 is 9.84 Å². The van der Waals surface area contributed by atoms with Gasteiger partial charge in [0.05, 0.1) is 29.9 Å². The van der Waals surface area contributed by atoms with Gasteiger partial charge in [-0.15, -0.1) is 0 Å². The number of nitrogens with zero attached hydrogens (tertiary/aromatic N) is 2. The Morgan fingerprint density at radius 3 is 2.42 bits per heavy atom. The molecule has 168 valence electrons. The molecular formula is C23H30N2O5S. The zero-order valence-corrected chi connectivity index (χ0v) is 18.9. The number of aromatic nitrogens is 1. The quantitative estimate of drug-likeness (QED) is 0.568. The standard InChI is InChI=1S/C23H30N2O5S/c1-3-4-15-29-23(26)25-13-11-20(12-14-25)30-17-18-5-10-22(24-16-18)19-6-8-21(9-7-19)31(2,27)28/h5-10,16,20H,3-4,11-15,17H2,1-2H3. The van der Waals surface area contributed by atoms with Gasteiger partial charge in [-0.05, 0) is 43.0 Å². The van der Waals surface area contributed by atoms with Crippen molar-refractivity contribution < 1.29 is 22.7 Å². The zero-order chi connectivity index (χ0) is 22.3. The fourth-order valence-corrected chi connectivity index (χ4v) is 4.00. The highest BCUT2D eigenvalue weighted by Crippen LogP contribution is 2.21. The van der Waals surface area contributed by atoms with Crippen LogP contribution in [-0.2, 0) is 25.9 Å². The lowest BCUT2D eigenvalue weighted by molar-refractivity contribution is -0.00337. The molecule has 0 radical (unpaired) electrons. The van der Waals surface area contributed by atoms with Crippen LogP contribution in [0.25, 0.3) is 11.3 Å². The summed E-state index contributed by atoms with van der Waals surface area (Å²) >= 11 is 0. The van der Waals surface area contributed by atoms with E-state index >= 15 is 0 Å². The number of likely N-dealkylation sites (tertiary alicyclic amines) is 1. The molecule has 0 saturated carbocycles. The highest BCUT2D eigenvalue weighted by molar-refractivity contribution is 7.90. The van der Waals surface area contributed by atoms with Crippen molar-refractivity contribution in [3.63, 3.8) is 0 Å². The third-order valence-corrected chi connectivity index (χ3v) is 6.44. The normalized spacial score (nSPS) is 15.1. The maximum Gasteiger partial charge on any atom is 0.409 e. The van der Waals surface area contributed by atoms with E-state index in [0.29, 0.717) is 31.2 Å². The molecule has 8 heteroatoms. The molecule has 0 aliphatic carbocycles. The Labute approximate surface area is 184 Å². The van der Waals surface area contributed by atoms with Crippen LogP contribution in [0.2, 0.25) is 0 Å². The van der Waals surface area contributed by atoms with Gasteiger partial charge in [0.1, 0.15) is 0 Å². The maximum absolute atomic E-state index is 12.0. The number of benzene rings is 1. The van der Waals surface area contributed by atoms with Gasteiger partial charge in [-0.3, -0.25) is 4.98 Å². The number of amides is 1. The molecule has 0 atom stereocenters. The van der Waals surface area contributed by atoms with Gasteiger partial charge >= 0.3 is 6.09 Å². The second-order valence-electron chi connectivity index (χ2n) is 7.81. The van der Waals surface area contributed by atoms with Crippen LogP contribution < -0.4 is 0 Å². The van der Waals surface area contributed by atoms with E-state index in [1.54, 1.807) is 35.4 Å². The lowest BCUT2D eigenvalue weighted by Crippen LogP contribution is -2.41. The van der Waals surface area contributed by atoms with Crippen LogP contribution in [0.5, 0.6) is 0 Å². The minimum Gasteiger partial charge on any atom is -0.449 e. The summed E-state index contributed by atoms with van der Waals surface area (Å²) in [6.07, 6.45) is 6.35. The third kappa shape index (κ3) is 6.77. The first kappa shape index (κ1) is 23.2. The number of carbonyl (C=O) groups is 1. The van der Waals surface area contributed by atoms with Gasteiger partial charge in [-0.25, -0.2) is 13.2 Å². The van der Waals surface area contributed by atoms with Crippen molar-refractivity contribution in [2.45, 2.75) is 50.2 Å². The number of ether oxygens (including phenoxy) is 2. The van der Waals surface area contributed by atoms with Crippen molar-refractivity contribution in [1.29, 1.82) is 0 Å². The molecule has 3 rings (SSSR count). The molecule has 0 spiro atoms. The molecule has 31 heavy (non-hydrogen) atoms. The number of rotatable bonds is 8. The third-order valence-electron chi connectivity index (χ3n) is 5.31. The van der Waals surface area contributed by atoms with Gasteiger partial charge < -0.3 is 14.4 Å². The van der Waals surface area contributed by atoms with Crippen molar-refractivity contribution in [1.82, 2.24) is 9.88 Å². The monoisotopic (exact) mass is 446 g/mol. The Bertz CT molecular complexity index is 950. The summed E-state index contributed by atoms with van der Waals surface area (Å²) in [5, 5.41) is 0. The predicted molar refractivity (Wildman–Crippen MR) is 118 cm³/mol. The topological polar surface area (TPSA) is 85.8 Å². The summed E-state index contributed by atoms with van der Waals surface area (Å²) in [5.41, 5.74) is 2.61. The van der Waals surface area contributed by atoms with Crippen molar-refractivity contribution in [2.24, 2.45) is 0 Å². The molecule has 2 aromatic rings. The Morgan fingerprint density at radius 2 is 1.84 bits per heavy atom. The Balaban J connectivity index is 1.45. The van der Waals surface area contributed by atoms with E-state index in [0.717, 1.165) is 42.5 Å². The van der Waals surface area contributed by atoms with Crippen LogP contribution >= 0.6 is 0 Å². The minimum atomic E-state index is -3.21. The largest absolute Gasteiger partial charge is 0.449 e. The van der Waals surface area contributed by atoms with Gasteiger partial charge in [0.15, 0.2) is 9.84 Å². The van der Waals surface area contributed by atoms with Crippen LogP contribution in [0.4, 0.5) is 4.79 Å². The van der Waals surface area contributed by atoms with E-state index in [-0.39, 0.29) is 12.2 Å². The van der Waals surface area contributed by atoms with Crippen LogP contribution in [0.3, 0.4) is 0 Å². The van der Waals surface area contributed by atoms with E-state index in [4.69, 9.17) is 9.47 Å². The first-order chi connectivity index (χ1) is 14.9. The fraction of sp³-hybridized carbons (Fsp3) is 0.478. The highest BCUT2D eigenvalue weighted by Gasteiger charge is 2.24. The summed E-state index contributed by atoms with van der Waals surface area (Å²) in [5.74, 6) is 0. The van der Waals surface area contributed by atoms with Gasteiger partial charge in [0, 0.05) is 31.1 Å². The molecular weight excluding hydrogens is 416 g/mol. The first-order valence-electron chi connectivity index (χ1n) is 10.7. The van der Waals surface area contributed by atoms with Gasteiger partial charge in [0.25, 0.3) is 0 Å². The number of hydrogen-bond donors (Lipinski definition) is 0. The molecule has 2 heterocycles. The second-order valence-corrected chi connectivity index (χ2v) is 9.83. The lowest BCUT2D eigenvalue weighted by Gasteiger charge is -2.31. The summed E-state index contributed by atoms with van der Waals surface area (Å²) in [6.45, 7) is 4.31. The number of carbonyl (C=O) groups excluding carboxylic acids is 1. The molecule has 0 unspecified atom stereocenters. The summed E-state index contributed by atoms with van der Waals surface area (Å²) in [7, 11) is -3.21. The van der Waals surface area contributed by atoms with E-state index in [1.165, 1.54) is 6.26 Å². The number of unbranched alkanes of at least 4 members (excludes halogenated alkanes) is 1. The van der Waals surface area contributed by atoms with Crippen LogP contribution in [0, 0.1) is 0 Å². The smallest absolute Gasteiger partial charge is 0.409 e. The molecule has 1 fully saturated rings. The van der Waals surface area contributed by atoms with Crippen molar-refractivity contribution in [3.8, 4) is 11.3 Å². The summed E-state index contributed by atoms with van der Waals surface area (Å²) < 4.78 is 34.4. The molecule has 1 aliphatic heterocycles. The van der Waals surface area contributed by atoms with Crippen molar-refractivity contribution >= 4 is 15.9 Å². The number of sulfone groups is 1. The summed E-state index contributed by atoms with van der Waals surface area (Å²) in [4.78, 5) is 18.5.